The Bertz CT molecular complexity index is 912. The molecular formula is C29H42N2O2. The van der Waals surface area contributed by atoms with Crippen LogP contribution in [0.4, 0.5) is 0 Å². The molecule has 2 rings (SSSR count). The zero-order valence-electron chi connectivity index (χ0n) is 21.6. The van der Waals surface area contributed by atoms with Gasteiger partial charge in [0.05, 0.1) is 0 Å². The Morgan fingerprint density at radius 1 is 0.970 bits per heavy atom. The molecule has 0 heterocycles. The van der Waals surface area contributed by atoms with Crippen molar-refractivity contribution in [2.75, 3.05) is 0 Å². The van der Waals surface area contributed by atoms with Crippen LogP contribution in [0.3, 0.4) is 0 Å². The normalized spacial score (nSPS) is 13.3. The summed E-state index contributed by atoms with van der Waals surface area (Å²) in [4.78, 5) is 28.3. The number of hydrogen-bond acceptors (Lipinski definition) is 2. The molecule has 180 valence electrons. The third-order valence-electron chi connectivity index (χ3n) is 6.44. The molecule has 0 unspecified atom stereocenters. The zero-order valence-corrected chi connectivity index (χ0v) is 21.6. The summed E-state index contributed by atoms with van der Waals surface area (Å²) < 4.78 is 0. The summed E-state index contributed by atoms with van der Waals surface area (Å²) >= 11 is 0. The van der Waals surface area contributed by atoms with Gasteiger partial charge in [-0.05, 0) is 60.8 Å². The first-order chi connectivity index (χ1) is 15.6. The van der Waals surface area contributed by atoms with E-state index in [1.165, 1.54) is 5.56 Å². The predicted molar refractivity (Wildman–Crippen MR) is 137 cm³/mol. The van der Waals surface area contributed by atoms with Crippen molar-refractivity contribution in [1.82, 2.24) is 10.2 Å². The van der Waals surface area contributed by atoms with Gasteiger partial charge in [0, 0.05) is 19.0 Å². The Morgan fingerprint density at radius 3 is 2.15 bits per heavy atom. The van der Waals surface area contributed by atoms with Gasteiger partial charge in [-0.1, -0.05) is 83.1 Å². The van der Waals surface area contributed by atoms with Crippen LogP contribution in [0.2, 0.25) is 0 Å². The van der Waals surface area contributed by atoms with Crippen molar-refractivity contribution >= 4 is 11.8 Å². The molecule has 33 heavy (non-hydrogen) atoms. The summed E-state index contributed by atoms with van der Waals surface area (Å²) in [5.74, 6) is -0.0485. The largest absolute Gasteiger partial charge is 0.352 e. The van der Waals surface area contributed by atoms with Crippen molar-refractivity contribution in [1.29, 1.82) is 0 Å². The molecule has 0 saturated heterocycles. The first-order valence-corrected chi connectivity index (χ1v) is 12.3. The number of benzene rings is 2. The maximum atomic E-state index is 13.5. The first-order valence-electron chi connectivity index (χ1n) is 12.3. The Kier molecular flexibility index (Phi) is 9.70. The quantitative estimate of drug-likeness (QED) is 0.486. The van der Waals surface area contributed by atoms with Crippen molar-refractivity contribution in [2.45, 2.75) is 98.2 Å². The highest BCUT2D eigenvalue weighted by atomic mass is 16.2. The lowest BCUT2D eigenvalue weighted by Gasteiger charge is -2.32. The van der Waals surface area contributed by atoms with Gasteiger partial charge in [0.15, 0.2) is 0 Å². The molecule has 0 fully saturated rings. The topological polar surface area (TPSA) is 49.4 Å². The summed E-state index contributed by atoms with van der Waals surface area (Å²) in [7, 11) is 0. The number of carbonyl (C=O) groups is 2. The van der Waals surface area contributed by atoms with Gasteiger partial charge in [-0.25, -0.2) is 0 Å². The highest BCUT2D eigenvalue weighted by Crippen LogP contribution is 2.23. The number of aryl methyl sites for hydroxylation is 2. The second kappa shape index (κ2) is 12.0. The average molecular weight is 451 g/mol. The predicted octanol–water partition coefficient (Wildman–Crippen LogP) is 5.95. The molecule has 0 spiro atoms. The smallest absolute Gasteiger partial charge is 0.243 e. The fourth-order valence-corrected chi connectivity index (χ4v) is 3.90. The Balaban J connectivity index is 2.21. The highest BCUT2D eigenvalue weighted by molar-refractivity contribution is 5.88. The fourth-order valence-electron chi connectivity index (χ4n) is 3.90. The minimum absolute atomic E-state index is 0.0179. The van der Waals surface area contributed by atoms with E-state index in [-0.39, 0.29) is 23.3 Å². The number of hydrogen-bond donors (Lipinski definition) is 1. The number of nitrogens with zero attached hydrogens (tertiary/aromatic N) is 1. The molecule has 1 N–H and O–H groups in total. The molecule has 4 nitrogen and oxygen atoms in total. The van der Waals surface area contributed by atoms with Crippen LogP contribution >= 0.6 is 0 Å². The third-order valence-corrected chi connectivity index (χ3v) is 6.44. The second-order valence-corrected chi connectivity index (χ2v) is 10.1. The van der Waals surface area contributed by atoms with E-state index >= 15 is 0 Å². The summed E-state index contributed by atoms with van der Waals surface area (Å²) in [6, 6.07) is 16.2. The Hall–Kier alpha value is -2.62. The summed E-state index contributed by atoms with van der Waals surface area (Å²) in [6.45, 7) is 15.1. The molecule has 0 bridgehead atoms. The van der Waals surface area contributed by atoms with Crippen molar-refractivity contribution in [2.24, 2.45) is 0 Å². The molecule has 2 aromatic rings. The lowest BCUT2D eigenvalue weighted by molar-refractivity contribution is -0.141. The molecule has 4 heteroatoms. The average Bonchev–Trinajstić information content (AvgIpc) is 2.78. The van der Waals surface area contributed by atoms with E-state index in [1.54, 1.807) is 4.90 Å². The van der Waals surface area contributed by atoms with E-state index in [0.29, 0.717) is 25.8 Å². The van der Waals surface area contributed by atoms with Crippen LogP contribution in [0.1, 0.15) is 83.1 Å². The van der Waals surface area contributed by atoms with Crippen LogP contribution < -0.4 is 5.32 Å². The summed E-state index contributed by atoms with van der Waals surface area (Å²) in [6.07, 6.45) is 2.49. The number of carbonyl (C=O) groups excluding carboxylic acids is 2. The van der Waals surface area contributed by atoms with Gasteiger partial charge in [0.2, 0.25) is 11.8 Å². The minimum atomic E-state index is -0.477. The molecule has 0 aromatic heterocycles. The molecule has 0 aliphatic rings. The Morgan fingerprint density at radius 2 is 1.61 bits per heavy atom. The van der Waals surface area contributed by atoms with Gasteiger partial charge in [-0.2, -0.15) is 0 Å². The van der Waals surface area contributed by atoms with Crippen molar-refractivity contribution < 1.29 is 9.59 Å². The number of nitrogens with one attached hydrogen (secondary N) is 1. The Labute approximate surface area is 200 Å². The molecule has 0 saturated carbocycles. The lowest BCUT2D eigenvalue weighted by atomic mass is 9.86. The van der Waals surface area contributed by atoms with Crippen LogP contribution in [-0.2, 0) is 28.0 Å². The van der Waals surface area contributed by atoms with Crippen molar-refractivity contribution in [3.8, 4) is 0 Å². The van der Waals surface area contributed by atoms with E-state index in [2.05, 4.69) is 63.3 Å². The van der Waals surface area contributed by atoms with Gasteiger partial charge < -0.3 is 10.2 Å². The van der Waals surface area contributed by atoms with E-state index in [4.69, 9.17) is 0 Å². The van der Waals surface area contributed by atoms with Crippen molar-refractivity contribution in [3.05, 3.63) is 70.8 Å². The number of rotatable bonds is 10. The zero-order chi connectivity index (χ0) is 24.6. The summed E-state index contributed by atoms with van der Waals surface area (Å²) in [5.41, 5.74) is 4.74. The van der Waals surface area contributed by atoms with E-state index in [1.807, 2.05) is 39.0 Å². The molecule has 2 aromatic carbocycles. The van der Waals surface area contributed by atoms with Crippen molar-refractivity contribution in [3.63, 3.8) is 0 Å². The lowest BCUT2D eigenvalue weighted by Crippen LogP contribution is -2.50. The van der Waals surface area contributed by atoms with E-state index in [0.717, 1.165) is 23.1 Å². The van der Waals surface area contributed by atoms with Crippen LogP contribution in [0.5, 0.6) is 0 Å². The van der Waals surface area contributed by atoms with Gasteiger partial charge in [-0.3, -0.25) is 9.59 Å². The third kappa shape index (κ3) is 7.73. The van der Waals surface area contributed by atoms with Crippen LogP contribution in [-0.4, -0.2) is 28.8 Å². The number of amides is 2. The van der Waals surface area contributed by atoms with Crippen LogP contribution in [0, 0.1) is 6.92 Å². The summed E-state index contributed by atoms with van der Waals surface area (Å²) in [5, 5.41) is 3.08. The van der Waals surface area contributed by atoms with Crippen LogP contribution in [0.25, 0.3) is 0 Å². The molecule has 2 atom stereocenters. The molecule has 0 aliphatic carbocycles. The first kappa shape index (κ1) is 26.6. The SMILES string of the molecule is CC[C@@H](C)NC(=O)[C@H](CC)N(Cc1ccccc1C)C(=O)CCc1ccc(C(C)(C)C)cc1. The molecular weight excluding hydrogens is 408 g/mol. The monoisotopic (exact) mass is 450 g/mol. The van der Waals surface area contributed by atoms with Gasteiger partial charge in [0.25, 0.3) is 0 Å². The van der Waals surface area contributed by atoms with E-state index < -0.39 is 6.04 Å². The maximum Gasteiger partial charge on any atom is 0.243 e. The van der Waals surface area contributed by atoms with E-state index in [9.17, 15) is 9.59 Å². The highest BCUT2D eigenvalue weighted by Gasteiger charge is 2.29. The minimum Gasteiger partial charge on any atom is -0.352 e. The molecule has 2 amide bonds. The maximum absolute atomic E-state index is 13.5. The fraction of sp³-hybridized carbons (Fsp3) is 0.517. The van der Waals surface area contributed by atoms with Crippen LogP contribution in [0.15, 0.2) is 48.5 Å². The van der Waals surface area contributed by atoms with Gasteiger partial charge in [0.1, 0.15) is 6.04 Å². The molecule has 0 aliphatic heterocycles. The standard InChI is InChI=1S/C29H42N2O2/c1-8-22(4)30-28(33)26(9-2)31(20-24-13-11-10-12-21(24)3)27(32)19-16-23-14-17-25(18-15-23)29(5,6)7/h10-15,17-18,22,26H,8-9,16,19-20H2,1-7H3,(H,30,33)/t22-,26+/m1/s1. The van der Waals surface area contributed by atoms with Gasteiger partial charge >= 0.3 is 0 Å². The van der Waals surface area contributed by atoms with Gasteiger partial charge in [-0.15, -0.1) is 0 Å². The molecule has 0 radical (unpaired) electrons. The second-order valence-electron chi connectivity index (χ2n) is 10.1.